The van der Waals surface area contributed by atoms with Gasteiger partial charge in [0.25, 0.3) is 5.91 Å². The van der Waals surface area contributed by atoms with Gasteiger partial charge < -0.3 is 9.67 Å². The normalized spacial score (nSPS) is 15.9. The van der Waals surface area contributed by atoms with E-state index >= 15 is 0 Å². The molecule has 1 aliphatic rings. The minimum absolute atomic E-state index is 0.117. The number of halogens is 5. The average Bonchev–Trinajstić information content (AvgIpc) is 3.20. The van der Waals surface area contributed by atoms with Crippen molar-refractivity contribution in [2.24, 2.45) is 0 Å². The Bertz CT molecular complexity index is 1100. The van der Waals surface area contributed by atoms with Gasteiger partial charge >= 0.3 is 12.1 Å². The Morgan fingerprint density at radius 2 is 2.00 bits per heavy atom. The van der Waals surface area contributed by atoms with Crippen molar-refractivity contribution in [3.63, 3.8) is 0 Å². The molecule has 0 spiro atoms. The fraction of sp³-hybridized carbons (Fsp3) is 0.211. The number of carbonyl (C=O) groups excluding carboxylic acids is 1. The Hall–Kier alpha value is -2.01. The van der Waals surface area contributed by atoms with Crippen LogP contribution in [-0.4, -0.2) is 37.3 Å². The Balaban J connectivity index is 1.97. The van der Waals surface area contributed by atoms with Crippen molar-refractivity contribution in [1.82, 2.24) is 9.47 Å². The standard InChI is InChI=1S/C19H13Cl2F3N2O3S2/c20-10-7-12(19(22,23)24)16(13(21)8-10)25-5-1-3-11(25)9-14-17(29)26(18(30)31-14)6-2-4-15(27)28/h1,3,5,7-9H,2,4,6H2,(H,27,28)/b14-9+. The van der Waals surface area contributed by atoms with Crippen LogP contribution < -0.4 is 0 Å². The maximum Gasteiger partial charge on any atom is 0.418 e. The largest absolute Gasteiger partial charge is 0.481 e. The van der Waals surface area contributed by atoms with E-state index in [1.54, 1.807) is 0 Å². The first-order valence-electron chi connectivity index (χ1n) is 8.70. The van der Waals surface area contributed by atoms with Crippen molar-refractivity contribution in [2.45, 2.75) is 19.0 Å². The molecular formula is C19H13Cl2F3N2O3S2. The van der Waals surface area contributed by atoms with Crippen LogP contribution in [0.1, 0.15) is 24.1 Å². The average molecular weight is 509 g/mol. The Labute approximate surface area is 194 Å². The highest BCUT2D eigenvalue weighted by Crippen LogP contribution is 2.41. The van der Waals surface area contributed by atoms with Gasteiger partial charge in [-0.15, -0.1) is 0 Å². The van der Waals surface area contributed by atoms with Gasteiger partial charge in [0.1, 0.15) is 4.32 Å². The summed E-state index contributed by atoms with van der Waals surface area (Å²) in [6.07, 6.45) is -1.79. The highest BCUT2D eigenvalue weighted by molar-refractivity contribution is 8.26. The van der Waals surface area contributed by atoms with Gasteiger partial charge in [-0.05, 0) is 36.8 Å². The summed E-state index contributed by atoms with van der Waals surface area (Å²) in [6, 6.07) is 5.04. The quantitative estimate of drug-likeness (QED) is 0.390. The van der Waals surface area contributed by atoms with E-state index in [1.807, 2.05) is 0 Å². The van der Waals surface area contributed by atoms with E-state index in [1.165, 1.54) is 39.9 Å². The van der Waals surface area contributed by atoms with E-state index in [-0.39, 0.29) is 50.0 Å². The molecule has 0 unspecified atom stereocenters. The van der Waals surface area contributed by atoms with Crippen molar-refractivity contribution in [3.05, 3.63) is 56.7 Å². The molecule has 0 bridgehead atoms. The number of alkyl halides is 3. The van der Waals surface area contributed by atoms with E-state index < -0.39 is 23.6 Å². The van der Waals surface area contributed by atoms with Crippen LogP contribution in [0.5, 0.6) is 0 Å². The molecule has 1 aliphatic heterocycles. The first-order chi connectivity index (χ1) is 14.5. The molecule has 1 aromatic heterocycles. The lowest BCUT2D eigenvalue weighted by Gasteiger charge is -2.17. The number of carboxylic acid groups (broad SMARTS) is 1. The molecule has 0 atom stereocenters. The highest BCUT2D eigenvalue weighted by atomic mass is 35.5. The molecular weight excluding hydrogens is 496 g/mol. The molecule has 31 heavy (non-hydrogen) atoms. The van der Waals surface area contributed by atoms with Crippen LogP contribution in [0, 0.1) is 0 Å². The van der Waals surface area contributed by atoms with E-state index in [2.05, 4.69) is 0 Å². The topological polar surface area (TPSA) is 62.5 Å². The number of rotatable bonds is 6. The van der Waals surface area contributed by atoms with Gasteiger partial charge in [0.15, 0.2) is 0 Å². The third-order valence-electron chi connectivity index (χ3n) is 4.28. The summed E-state index contributed by atoms with van der Waals surface area (Å²) in [5.74, 6) is -1.43. The van der Waals surface area contributed by atoms with Crippen molar-refractivity contribution < 1.29 is 27.9 Å². The molecule has 1 aromatic carbocycles. The number of amides is 1. The zero-order chi connectivity index (χ0) is 22.9. The van der Waals surface area contributed by atoms with Crippen LogP contribution in [0.2, 0.25) is 10.0 Å². The Morgan fingerprint density at radius 1 is 1.29 bits per heavy atom. The van der Waals surface area contributed by atoms with E-state index in [9.17, 15) is 22.8 Å². The highest BCUT2D eigenvalue weighted by Gasteiger charge is 2.36. The lowest BCUT2D eigenvalue weighted by atomic mass is 10.1. The summed E-state index contributed by atoms with van der Waals surface area (Å²) in [6.45, 7) is 0.135. The fourth-order valence-corrected chi connectivity index (χ4v) is 4.84. The van der Waals surface area contributed by atoms with Crippen LogP contribution in [0.25, 0.3) is 11.8 Å². The van der Waals surface area contributed by atoms with E-state index in [0.717, 1.165) is 17.8 Å². The van der Waals surface area contributed by atoms with Gasteiger partial charge in [0.2, 0.25) is 0 Å². The predicted octanol–water partition coefficient (Wildman–Crippen LogP) is 5.87. The van der Waals surface area contributed by atoms with Crippen molar-refractivity contribution >= 4 is 69.5 Å². The van der Waals surface area contributed by atoms with Crippen LogP contribution in [-0.2, 0) is 15.8 Å². The number of aliphatic carboxylic acids is 1. The van der Waals surface area contributed by atoms with Crippen LogP contribution in [0.15, 0.2) is 35.4 Å². The smallest absolute Gasteiger partial charge is 0.418 e. The number of thiocarbonyl (C=S) groups is 1. The molecule has 5 nitrogen and oxygen atoms in total. The second-order valence-corrected chi connectivity index (χ2v) is 8.93. The lowest BCUT2D eigenvalue weighted by Crippen LogP contribution is -2.29. The van der Waals surface area contributed by atoms with Gasteiger partial charge in [-0.25, -0.2) is 0 Å². The van der Waals surface area contributed by atoms with Crippen LogP contribution in [0.3, 0.4) is 0 Å². The monoisotopic (exact) mass is 508 g/mol. The summed E-state index contributed by atoms with van der Waals surface area (Å²) in [4.78, 5) is 24.8. The number of hydrogen-bond acceptors (Lipinski definition) is 4. The first kappa shape index (κ1) is 23.6. The molecule has 0 saturated carbocycles. The third-order valence-corrected chi connectivity index (χ3v) is 6.16. The molecule has 1 N–H and O–H groups in total. The van der Waals surface area contributed by atoms with Crippen LogP contribution >= 0.6 is 47.2 Å². The van der Waals surface area contributed by atoms with Gasteiger partial charge in [-0.2, -0.15) is 13.2 Å². The van der Waals surface area contributed by atoms with E-state index in [4.69, 9.17) is 40.5 Å². The Morgan fingerprint density at radius 3 is 2.65 bits per heavy atom. The number of hydrogen-bond donors (Lipinski definition) is 1. The van der Waals surface area contributed by atoms with E-state index in [0.29, 0.717) is 0 Å². The molecule has 0 aliphatic carbocycles. The molecule has 3 rings (SSSR count). The molecule has 1 fully saturated rings. The third kappa shape index (κ3) is 5.25. The molecule has 164 valence electrons. The summed E-state index contributed by atoms with van der Waals surface area (Å²) >= 11 is 18.1. The molecule has 1 amide bonds. The lowest BCUT2D eigenvalue weighted by molar-refractivity contribution is -0.138. The van der Waals surface area contributed by atoms with Gasteiger partial charge in [-0.1, -0.05) is 47.2 Å². The zero-order valence-corrected chi connectivity index (χ0v) is 18.6. The second-order valence-electron chi connectivity index (χ2n) is 6.42. The molecule has 0 radical (unpaired) electrons. The van der Waals surface area contributed by atoms with Crippen molar-refractivity contribution in [3.8, 4) is 5.69 Å². The number of carboxylic acids is 1. The predicted molar refractivity (Wildman–Crippen MR) is 118 cm³/mol. The summed E-state index contributed by atoms with van der Waals surface area (Å²) < 4.78 is 42.3. The molecule has 2 aromatic rings. The molecule has 1 saturated heterocycles. The summed E-state index contributed by atoms with van der Waals surface area (Å²) in [5, 5.41) is 8.39. The Kier molecular flexibility index (Phi) is 7.04. The number of aromatic nitrogens is 1. The summed E-state index contributed by atoms with van der Waals surface area (Å²) in [7, 11) is 0. The summed E-state index contributed by atoms with van der Waals surface area (Å²) in [5.41, 5.74) is -1.05. The minimum Gasteiger partial charge on any atom is -0.481 e. The van der Waals surface area contributed by atoms with Gasteiger partial charge in [-0.3, -0.25) is 14.5 Å². The maximum atomic E-state index is 13.6. The van der Waals surface area contributed by atoms with Gasteiger partial charge in [0, 0.05) is 29.9 Å². The van der Waals surface area contributed by atoms with Gasteiger partial charge in [0.05, 0.1) is 21.2 Å². The molecule has 2 heterocycles. The van der Waals surface area contributed by atoms with Crippen molar-refractivity contribution in [1.29, 1.82) is 0 Å². The van der Waals surface area contributed by atoms with Crippen molar-refractivity contribution in [2.75, 3.05) is 6.54 Å². The first-order valence-corrected chi connectivity index (χ1v) is 10.7. The molecule has 12 heteroatoms. The number of benzene rings is 1. The maximum absolute atomic E-state index is 13.6. The number of nitrogens with zero attached hydrogens (tertiary/aromatic N) is 2. The zero-order valence-electron chi connectivity index (χ0n) is 15.4. The minimum atomic E-state index is -4.71. The number of carbonyl (C=O) groups is 2. The number of thioether (sulfide) groups is 1. The van der Waals surface area contributed by atoms with Crippen LogP contribution in [0.4, 0.5) is 13.2 Å². The fourth-order valence-electron chi connectivity index (χ4n) is 2.96. The second kappa shape index (κ2) is 9.23. The SMILES string of the molecule is O=C(O)CCCN1C(=O)/C(=C\c2cccn2-c2c(Cl)cc(Cl)cc2C(F)(F)F)SC1=S.